The van der Waals surface area contributed by atoms with E-state index in [4.69, 9.17) is 4.74 Å². The minimum Gasteiger partial charge on any atom is -0.507 e. The van der Waals surface area contributed by atoms with Crippen molar-refractivity contribution in [3.05, 3.63) is 69.7 Å². The molecule has 1 atom stereocenters. The predicted molar refractivity (Wildman–Crippen MR) is 120 cm³/mol. The summed E-state index contributed by atoms with van der Waals surface area (Å²) in [6, 6.07) is 13.8. The SMILES string of the molecule is CCCCN1C(=O)C(=O)/C(=C(\O)c2ccc(Br)cc2)C1c1cccc(OCCC)c1. The number of likely N-dealkylation sites (tertiary alicyclic amines) is 1. The molecule has 0 bridgehead atoms. The topological polar surface area (TPSA) is 66.8 Å². The standard InChI is InChI=1S/C24H26BrNO4/c1-3-5-13-26-21(17-7-6-8-19(15-17)30-14-4-2)20(23(28)24(26)29)22(27)16-9-11-18(25)12-10-16/h6-12,15,21,27H,3-5,13-14H2,1-2H3/b22-20-. The Labute approximate surface area is 185 Å². The van der Waals surface area contributed by atoms with E-state index in [1.165, 1.54) is 0 Å². The first-order valence-corrected chi connectivity index (χ1v) is 11.0. The number of hydrogen-bond acceptors (Lipinski definition) is 4. The number of carbonyl (C=O) groups is 2. The summed E-state index contributed by atoms with van der Waals surface area (Å²) < 4.78 is 6.61. The molecule has 3 rings (SSSR count). The van der Waals surface area contributed by atoms with Crippen molar-refractivity contribution in [3.63, 3.8) is 0 Å². The highest BCUT2D eigenvalue weighted by molar-refractivity contribution is 9.10. The van der Waals surface area contributed by atoms with Crippen molar-refractivity contribution in [2.75, 3.05) is 13.2 Å². The molecule has 0 aliphatic carbocycles. The molecule has 30 heavy (non-hydrogen) atoms. The summed E-state index contributed by atoms with van der Waals surface area (Å²) in [7, 11) is 0. The first-order valence-electron chi connectivity index (χ1n) is 10.2. The third kappa shape index (κ3) is 4.59. The number of unbranched alkanes of at least 4 members (excludes halogenated alkanes) is 1. The van der Waals surface area contributed by atoms with E-state index in [1.54, 1.807) is 29.2 Å². The van der Waals surface area contributed by atoms with E-state index in [1.807, 2.05) is 38.1 Å². The lowest BCUT2D eigenvalue weighted by molar-refractivity contribution is -0.139. The molecule has 1 aliphatic heterocycles. The van der Waals surface area contributed by atoms with Gasteiger partial charge in [0.15, 0.2) is 0 Å². The molecule has 1 aliphatic rings. The average molecular weight is 472 g/mol. The quantitative estimate of drug-likeness (QED) is 0.315. The Morgan fingerprint density at radius 2 is 1.83 bits per heavy atom. The molecule has 158 valence electrons. The van der Waals surface area contributed by atoms with E-state index in [-0.39, 0.29) is 11.3 Å². The van der Waals surface area contributed by atoms with E-state index in [0.717, 1.165) is 29.3 Å². The van der Waals surface area contributed by atoms with Gasteiger partial charge in [-0.05, 0) is 42.7 Å². The summed E-state index contributed by atoms with van der Waals surface area (Å²) >= 11 is 3.37. The largest absolute Gasteiger partial charge is 0.507 e. The van der Waals surface area contributed by atoms with Crippen molar-refractivity contribution in [1.29, 1.82) is 0 Å². The number of Topliss-reactive ketones (excluding diaryl/α,β-unsaturated/α-hetero) is 1. The number of benzene rings is 2. The van der Waals surface area contributed by atoms with Crippen molar-refractivity contribution >= 4 is 33.4 Å². The van der Waals surface area contributed by atoms with Gasteiger partial charge < -0.3 is 14.7 Å². The van der Waals surface area contributed by atoms with Crippen LogP contribution in [0.15, 0.2) is 58.6 Å². The molecular formula is C24H26BrNO4. The van der Waals surface area contributed by atoms with Gasteiger partial charge in [0.2, 0.25) is 0 Å². The number of nitrogens with zero attached hydrogens (tertiary/aromatic N) is 1. The van der Waals surface area contributed by atoms with Crippen molar-refractivity contribution < 1.29 is 19.4 Å². The third-order valence-electron chi connectivity index (χ3n) is 5.06. The number of ether oxygens (including phenoxy) is 1. The zero-order valence-electron chi connectivity index (χ0n) is 17.2. The van der Waals surface area contributed by atoms with Crippen molar-refractivity contribution in [2.45, 2.75) is 39.2 Å². The second-order valence-corrected chi connectivity index (χ2v) is 8.19. The maximum atomic E-state index is 13.0. The molecule has 2 aromatic rings. The van der Waals surface area contributed by atoms with Crippen LogP contribution in [0, 0.1) is 0 Å². The van der Waals surface area contributed by atoms with Crippen LogP contribution in [-0.2, 0) is 9.59 Å². The van der Waals surface area contributed by atoms with Crippen molar-refractivity contribution in [1.82, 2.24) is 4.90 Å². The Bertz CT molecular complexity index is 952. The Balaban J connectivity index is 2.11. The van der Waals surface area contributed by atoms with Gasteiger partial charge in [-0.3, -0.25) is 9.59 Å². The number of aliphatic hydroxyl groups excluding tert-OH is 1. The fourth-order valence-corrected chi connectivity index (χ4v) is 3.81. The van der Waals surface area contributed by atoms with Gasteiger partial charge in [-0.2, -0.15) is 0 Å². The van der Waals surface area contributed by atoms with Gasteiger partial charge in [-0.25, -0.2) is 0 Å². The summed E-state index contributed by atoms with van der Waals surface area (Å²) in [5.74, 6) is -0.716. The molecule has 1 heterocycles. The van der Waals surface area contributed by atoms with Gasteiger partial charge in [0, 0.05) is 16.6 Å². The first-order chi connectivity index (χ1) is 14.5. The van der Waals surface area contributed by atoms with Crippen LogP contribution >= 0.6 is 15.9 Å². The molecule has 0 saturated carbocycles. The predicted octanol–water partition coefficient (Wildman–Crippen LogP) is 5.46. The Kier molecular flexibility index (Phi) is 7.32. The van der Waals surface area contributed by atoms with Gasteiger partial charge in [0.05, 0.1) is 18.2 Å². The molecule has 6 heteroatoms. The van der Waals surface area contributed by atoms with Crippen LogP contribution in [0.3, 0.4) is 0 Å². The van der Waals surface area contributed by atoms with Crippen LogP contribution in [0.4, 0.5) is 0 Å². The molecule has 1 saturated heterocycles. The molecule has 5 nitrogen and oxygen atoms in total. The second kappa shape index (κ2) is 9.94. The minimum absolute atomic E-state index is 0.117. The number of rotatable bonds is 8. The van der Waals surface area contributed by atoms with Crippen LogP contribution in [0.25, 0.3) is 5.76 Å². The summed E-state index contributed by atoms with van der Waals surface area (Å²) in [6.07, 6.45) is 2.54. The van der Waals surface area contributed by atoms with Gasteiger partial charge in [-0.1, -0.05) is 60.5 Å². The van der Waals surface area contributed by atoms with Crippen molar-refractivity contribution in [3.8, 4) is 5.75 Å². The van der Waals surface area contributed by atoms with Gasteiger partial charge in [0.25, 0.3) is 11.7 Å². The van der Waals surface area contributed by atoms with Gasteiger partial charge in [-0.15, -0.1) is 0 Å². The lowest BCUT2D eigenvalue weighted by atomic mass is 9.95. The van der Waals surface area contributed by atoms with E-state index in [0.29, 0.717) is 24.5 Å². The van der Waals surface area contributed by atoms with E-state index in [2.05, 4.69) is 15.9 Å². The minimum atomic E-state index is -0.656. The summed E-state index contributed by atoms with van der Waals surface area (Å²) in [6.45, 7) is 5.09. The zero-order valence-corrected chi connectivity index (χ0v) is 18.8. The number of halogens is 1. The Morgan fingerprint density at radius 1 is 1.10 bits per heavy atom. The summed E-state index contributed by atoms with van der Waals surface area (Å²) in [4.78, 5) is 27.4. The van der Waals surface area contributed by atoms with Crippen LogP contribution in [0.2, 0.25) is 0 Å². The number of carbonyl (C=O) groups excluding carboxylic acids is 2. The monoisotopic (exact) mass is 471 g/mol. The van der Waals surface area contributed by atoms with Crippen molar-refractivity contribution in [2.24, 2.45) is 0 Å². The Morgan fingerprint density at radius 3 is 2.50 bits per heavy atom. The van der Waals surface area contributed by atoms with Crippen LogP contribution in [0.1, 0.15) is 50.3 Å². The fourth-order valence-electron chi connectivity index (χ4n) is 3.54. The van der Waals surface area contributed by atoms with Crippen LogP contribution in [-0.4, -0.2) is 34.8 Å². The van der Waals surface area contributed by atoms with Crippen LogP contribution < -0.4 is 4.74 Å². The normalized spacial score (nSPS) is 18.1. The zero-order chi connectivity index (χ0) is 21.7. The molecule has 1 fully saturated rings. The molecule has 0 radical (unpaired) electrons. The van der Waals surface area contributed by atoms with E-state index in [9.17, 15) is 14.7 Å². The summed E-state index contributed by atoms with van der Waals surface area (Å²) in [5, 5.41) is 11.0. The van der Waals surface area contributed by atoms with E-state index >= 15 is 0 Å². The highest BCUT2D eigenvalue weighted by Gasteiger charge is 2.45. The molecular weight excluding hydrogens is 446 g/mol. The molecule has 1 N–H and O–H groups in total. The number of ketones is 1. The van der Waals surface area contributed by atoms with Crippen LogP contribution in [0.5, 0.6) is 5.75 Å². The van der Waals surface area contributed by atoms with Gasteiger partial charge >= 0.3 is 0 Å². The maximum absolute atomic E-state index is 13.0. The third-order valence-corrected chi connectivity index (χ3v) is 5.59. The number of hydrogen-bond donors (Lipinski definition) is 1. The molecule has 0 aromatic heterocycles. The fraction of sp³-hybridized carbons (Fsp3) is 0.333. The van der Waals surface area contributed by atoms with E-state index < -0.39 is 17.7 Å². The molecule has 1 unspecified atom stereocenters. The number of amides is 1. The lowest BCUT2D eigenvalue weighted by Crippen LogP contribution is -2.30. The maximum Gasteiger partial charge on any atom is 0.295 e. The average Bonchev–Trinajstić information content (AvgIpc) is 3.01. The molecule has 1 amide bonds. The first kappa shape index (κ1) is 22.1. The highest BCUT2D eigenvalue weighted by atomic mass is 79.9. The summed E-state index contributed by atoms with van der Waals surface area (Å²) in [5.41, 5.74) is 1.36. The smallest absolute Gasteiger partial charge is 0.295 e. The lowest BCUT2D eigenvalue weighted by Gasteiger charge is -2.25. The van der Waals surface area contributed by atoms with Gasteiger partial charge in [0.1, 0.15) is 11.5 Å². The molecule has 0 spiro atoms. The highest BCUT2D eigenvalue weighted by Crippen LogP contribution is 2.40. The number of aliphatic hydroxyl groups is 1. The molecule has 2 aromatic carbocycles. The second-order valence-electron chi connectivity index (χ2n) is 7.27. The Hall–Kier alpha value is -2.60.